The summed E-state index contributed by atoms with van der Waals surface area (Å²) >= 11 is 6.15. The Bertz CT molecular complexity index is 99.7. The molecule has 0 aromatic rings. The Kier molecular flexibility index (Phi) is 7.84. The summed E-state index contributed by atoms with van der Waals surface area (Å²) in [5.74, 6) is 1.44. The smallest absolute Gasteiger partial charge is 0.0338 e. The van der Waals surface area contributed by atoms with Gasteiger partial charge < -0.3 is 0 Å². The molecule has 13 heavy (non-hydrogen) atoms. The van der Waals surface area contributed by atoms with Crippen molar-refractivity contribution >= 4 is 11.6 Å². The molecule has 0 bridgehead atoms. The van der Waals surface area contributed by atoms with Gasteiger partial charge in [-0.15, -0.1) is 11.6 Å². The van der Waals surface area contributed by atoms with E-state index >= 15 is 0 Å². The monoisotopic (exact) mass is 204 g/mol. The van der Waals surface area contributed by atoms with Crippen molar-refractivity contribution in [3.8, 4) is 0 Å². The molecule has 0 aliphatic heterocycles. The zero-order chi connectivity index (χ0) is 10.3. The van der Waals surface area contributed by atoms with Crippen LogP contribution in [-0.4, -0.2) is 5.38 Å². The molecule has 2 unspecified atom stereocenters. The summed E-state index contributed by atoms with van der Waals surface area (Å²) in [6.07, 6.45) is 6.74. The van der Waals surface area contributed by atoms with Crippen molar-refractivity contribution in [1.82, 2.24) is 0 Å². The van der Waals surface area contributed by atoms with Gasteiger partial charge in [-0.05, 0) is 25.2 Å². The Hall–Kier alpha value is 0.290. The van der Waals surface area contributed by atoms with Crippen LogP contribution in [0.15, 0.2) is 0 Å². The lowest BCUT2D eigenvalue weighted by Gasteiger charge is -2.23. The van der Waals surface area contributed by atoms with Crippen molar-refractivity contribution in [2.45, 2.75) is 65.2 Å². The van der Waals surface area contributed by atoms with Gasteiger partial charge in [0.15, 0.2) is 0 Å². The van der Waals surface area contributed by atoms with Crippen LogP contribution in [0.1, 0.15) is 59.8 Å². The van der Waals surface area contributed by atoms with Crippen LogP contribution >= 0.6 is 11.6 Å². The minimum atomic E-state index is 0.335. The summed E-state index contributed by atoms with van der Waals surface area (Å²) in [6.45, 7) is 8.95. The molecule has 0 saturated carbocycles. The van der Waals surface area contributed by atoms with E-state index in [-0.39, 0.29) is 0 Å². The highest BCUT2D eigenvalue weighted by atomic mass is 35.5. The summed E-state index contributed by atoms with van der Waals surface area (Å²) in [7, 11) is 0. The van der Waals surface area contributed by atoms with E-state index in [9.17, 15) is 0 Å². The molecule has 0 aliphatic carbocycles. The quantitative estimate of drug-likeness (QED) is 0.411. The molecular weight excluding hydrogens is 180 g/mol. The number of rotatable bonds is 7. The van der Waals surface area contributed by atoms with Gasteiger partial charge in [-0.2, -0.15) is 0 Å². The zero-order valence-electron chi connectivity index (χ0n) is 9.65. The second-order valence-electron chi connectivity index (χ2n) is 4.43. The van der Waals surface area contributed by atoms with E-state index < -0.39 is 0 Å². The van der Waals surface area contributed by atoms with E-state index in [1.807, 2.05) is 0 Å². The first-order valence-corrected chi connectivity index (χ1v) is 6.17. The van der Waals surface area contributed by atoms with Crippen molar-refractivity contribution < 1.29 is 0 Å². The fourth-order valence-electron chi connectivity index (χ4n) is 1.90. The number of hydrogen-bond donors (Lipinski definition) is 0. The summed E-state index contributed by atoms with van der Waals surface area (Å²) in [4.78, 5) is 0. The fourth-order valence-corrected chi connectivity index (χ4v) is 2.32. The molecule has 0 spiro atoms. The lowest BCUT2D eigenvalue weighted by Crippen LogP contribution is -2.17. The SMILES string of the molecule is CCCCCCC(C(C)C)C(C)Cl. The molecule has 1 heteroatoms. The lowest BCUT2D eigenvalue weighted by atomic mass is 9.88. The largest absolute Gasteiger partial charge is 0.123 e. The van der Waals surface area contributed by atoms with Crippen LogP contribution in [0.3, 0.4) is 0 Å². The zero-order valence-corrected chi connectivity index (χ0v) is 10.4. The van der Waals surface area contributed by atoms with Crippen molar-refractivity contribution in [1.29, 1.82) is 0 Å². The van der Waals surface area contributed by atoms with Crippen molar-refractivity contribution in [3.63, 3.8) is 0 Å². The van der Waals surface area contributed by atoms with E-state index in [1.54, 1.807) is 0 Å². The van der Waals surface area contributed by atoms with Gasteiger partial charge in [-0.3, -0.25) is 0 Å². The van der Waals surface area contributed by atoms with Gasteiger partial charge in [0, 0.05) is 5.38 Å². The summed E-state index contributed by atoms with van der Waals surface area (Å²) in [6, 6.07) is 0. The maximum atomic E-state index is 6.15. The second kappa shape index (κ2) is 7.67. The predicted octanol–water partition coefficient (Wildman–Crippen LogP) is 4.86. The second-order valence-corrected chi connectivity index (χ2v) is 5.12. The highest BCUT2D eigenvalue weighted by molar-refractivity contribution is 6.20. The average molecular weight is 205 g/mol. The molecule has 0 rings (SSSR count). The van der Waals surface area contributed by atoms with Crippen LogP contribution < -0.4 is 0 Å². The van der Waals surface area contributed by atoms with Crippen molar-refractivity contribution in [3.05, 3.63) is 0 Å². The highest BCUT2D eigenvalue weighted by Crippen LogP contribution is 2.25. The third kappa shape index (κ3) is 6.37. The first kappa shape index (κ1) is 13.3. The van der Waals surface area contributed by atoms with E-state index in [0.29, 0.717) is 11.3 Å². The van der Waals surface area contributed by atoms with Gasteiger partial charge in [-0.1, -0.05) is 46.5 Å². The molecule has 0 nitrogen and oxygen atoms in total. The van der Waals surface area contributed by atoms with Gasteiger partial charge in [0.05, 0.1) is 0 Å². The van der Waals surface area contributed by atoms with Crippen LogP contribution in [0.2, 0.25) is 0 Å². The van der Waals surface area contributed by atoms with E-state index in [2.05, 4.69) is 27.7 Å². The van der Waals surface area contributed by atoms with E-state index in [4.69, 9.17) is 11.6 Å². The molecule has 0 aromatic heterocycles. The van der Waals surface area contributed by atoms with Crippen LogP contribution in [0.25, 0.3) is 0 Å². The summed E-state index contributed by atoms with van der Waals surface area (Å²) < 4.78 is 0. The average Bonchev–Trinajstić information content (AvgIpc) is 2.02. The third-order valence-electron chi connectivity index (χ3n) is 2.84. The fraction of sp³-hybridized carbons (Fsp3) is 1.00. The molecule has 0 radical (unpaired) electrons. The Morgan fingerprint density at radius 3 is 2.00 bits per heavy atom. The molecular formula is C12H25Cl. The van der Waals surface area contributed by atoms with Crippen LogP contribution in [0.4, 0.5) is 0 Å². The Labute approximate surface area is 89.1 Å². The van der Waals surface area contributed by atoms with Gasteiger partial charge in [0.1, 0.15) is 0 Å². The van der Waals surface area contributed by atoms with Gasteiger partial charge in [-0.25, -0.2) is 0 Å². The van der Waals surface area contributed by atoms with Crippen molar-refractivity contribution in [2.24, 2.45) is 11.8 Å². The highest BCUT2D eigenvalue weighted by Gasteiger charge is 2.17. The first-order chi connectivity index (χ1) is 6.09. The normalized spacial score (nSPS) is 16.2. The van der Waals surface area contributed by atoms with E-state index in [1.165, 1.54) is 32.1 Å². The third-order valence-corrected chi connectivity index (χ3v) is 3.16. The molecule has 0 saturated heterocycles. The van der Waals surface area contributed by atoms with E-state index in [0.717, 1.165) is 5.92 Å². The van der Waals surface area contributed by atoms with Crippen molar-refractivity contribution in [2.75, 3.05) is 0 Å². The van der Waals surface area contributed by atoms with Gasteiger partial charge in [0.2, 0.25) is 0 Å². The molecule has 0 aromatic carbocycles. The maximum absolute atomic E-state index is 6.15. The molecule has 0 fully saturated rings. The number of unbranched alkanes of at least 4 members (excludes halogenated alkanes) is 3. The topological polar surface area (TPSA) is 0 Å². The van der Waals surface area contributed by atoms with Gasteiger partial charge in [0.25, 0.3) is 0 Å². The number of alkyl halides is 1. The predicted molar refractivity (Wildman–Crippen MR) is 62.4 cm³/mol. The molecule has 0 N–H and O–H groups in total. The van der Waals surface area contributed by atoms with Crippen LogP contribution in [0.5, 0.6) is 0 Å². The van der Waals surface area contributed by atoms with Gasteiger partial charge >= 0.3 is 0 Å². The first-order valence-electron chi connectivity index (χ1n) is 5.73. The molecule has 0 amide bonds. The Balaban J connectivity index is 3.58. The standard InChI is InChI=1S/C12H25Cl/c1-5-6-7-8-9-12(10(2)3)11(4)13/h10-12H,5-9H2,1-4H3. The van der Waals surface area contributed by atoms with Crippen LogP contribution in [-0.2, 0) is 0 Å². The molecule has 80 valence electrons. The lowest BCUT2D eigenvalue weighted by molar-refractivity contribution is 0.341. The maximum Gasteiger partial charge on any atom is 0.0338 e. The number of hydrogen-bond acceptors (Lipinski definition) is 0. The molecule has 0 heterocycles. The summed E-state index contributed by atoms with van der Waals surface area (Å²) in [5, 5.41) is 0.335. The molecule has 2 atom stereocenters. The number of halogens is 1. The minimum absolute atomic E-state index is 0.335. The Morgan fingerprint density at radius 2 is 1.62 bits per heavy atom. The Morgan fingerprint density at radius 1 is 1.00 bits per heavy atom. The van der Waals surface area contributed by atoms with Crippen LogP contribution in [0, 0.1) is 11.8 Å². The minimum Gasteiger partial charge on any atom is -0.123 e. The molecule has 0 aliphatic rings. The summed E-state index contributed by atoms with van der Waals surface area (Å²) in [5.41, 5.74) is 0.